The summed E-state index contributed by atoms with van der Waals surface area (Å²) in [4.78, 5) is 15.4. The maximum atomic E-state index is 13.0. The molecule has 7 nitrogen and oxygen atoms in total. The number of allylic oxidation sites excluding steroid dienone is 2. The molecule has 8 heteroatoms. The van der Waals surface area contributed by atoms with Crippen molar-refractivity contribution < 1.29 is 13.2 Å². The molecule has 0 aromatic heterocycles. The third-order valence-electron chi connectivity index (χ3n) is 6.17. The number of likely N-dealkylation sites (tertiary alicyclic amines) is 1. The molecular weight excluding hydrogens is 436 g/mol. The summed E-state index contributed by atoms with van der Waals surface area (Å²) in [6, 6.07) is 4.86. The molecule has 0 bridgehead atoms. The number of nitrogens with one attached hydrogen (secondary N) is 3. The highest BCUT2D eigenvalue weighted by molar-refractivity contribution is 7.89. The van der Waals surface area contributed by atoms with E-state index >= 15 is 0 Å². The second-order valence-corrected chi connectivity index (χ2v) is 12.3. The van der Waals surface area contributed by atoms with Crippen LogP contribution in [0.15, 0.2) is 35.2 Å². The van der Waals surface area contributed by atoms with Crippen LogP contribution in [0, 0.1) is 11.8 Å². The molecule has 1 aliphatic heterocycles. The number of benzene rings is 1. The van der Waals surface area contributed by atoms with Crippen molar-refractivity contribution in [2.75, 3.05) is 38.5 Å². The monoisotopic (exact) mass is 476 g/mol. The normalized spacial score (nSPS) is 22.2. The highest BCUT2D eigenvalue weighted by atomic mass is 32.2. The van der Waals surface area contributed by atoms with Gasteiger partial charge in [0, 0.05) is 36.4 Å². The first-order chi connectivity index (χ1) is 15.5. The number of carbonyl (C=O) groups excluding carboxylic acids is 1. The number of nitrogens with zero attached hydrogens (tertiary/aromatic N) is 1. The van der Waals surface area contributed by atoms with E-state index in [1.54, 1.807) is 32.9 Å². The van der Waals surface area contributed by atoms with Gasteiger partial charge in [-0.3, -0.25) is 4.79 Å². The van der Waals surface area contributed by atoms with E-state index in [0.29, 0.717) is 29.6 Å². The zero-order chi connectivity index (χ0) is 24.1. The number of hydrogen-bond donors (Lipinski definition) is 3. The second kappa shape index (κ2) is 11.0. The van der Waals surface area contributed by atoms with Crippen molar-refractivity contribution in [3.8, 4) is 0 Å². The Bertz CT molecular complexity index is 953. The molecule has 1 aromatic carbocycles. The van der Waals surface area contributed by atoms with Crippen LogP contribution in [0.3, 0.4) is 0 Å². The first kappa shape index (κ1) is 25.7. The Balaban J connectivity index is 1.78. The Labute approximate surface area is 199 Å². The topological polar surface area (TPSA) is 90.5 Å². The van der Waals surface area contributed by atoms with Crippen molar-refractivity contribution in [2.45, 2.75) is 63.3 Å². The molecule has 1 amide bonds. The van der Waals surface area contributed by atoms with Gasteiger partial charge in [-0.2, -0.15) is 0 Å². The summed E-state index contributed by atoms with van der Waals surface area (Å²) in [5.41, 5.74) is 0.400. The lowest BCUT2D eigenvalue weighted by Gasteiger charge is -2.29. The summed E-state index contributed by atoms with van der Waals surface area (Å²) >= 11 is 0. The van der Waals surface area contributed by atoms with Crippen LogP contribution < -0.4 is 15.4 Å². The number of hydrogen-bond acceptors (Lipinski definition) is 5. The lowest BCUT2D eigenvalue weighted by atomic mass is 9.94. The first-order valence-electron chi connectivity index (χ1n) is 12.1. The smallest absolute Gasteiger partial charge is 0.251 e. The Morgan fingerprint density at radius 1 is 1.09 bits per heavy atom. The van der Waals surface area contributed by atoms with E-state index in [1.165, 1.54) is 6.07 Å². The quantitative estimate of drug-likeness (QED) is 0.499. The molecule has 1 fully saturated rings. The Morgan fingerprint density at radius 2 is 1.88 bits per heavy atom. The van der Waals surface area contributed by atoms with Crippen LogP contribution in [-0.2, 0) is 10.0 Å². The standard InChI is InChI=1S/C25H40N4O3S/c1-25(2,3)28-33(31,32)23-14-21(24(30)27-17-20-11-8-12-29(4)18-20)13-22(15-23)26-16-19-9-6-5-7-10-19/h5-6,13-15,19-20,26,28H,7-12,16-18H2,1-4H3,(H,27,30)/t19-,20-/m0/s1. The van der Waals surface area contributed by atoms with Gasteiger partial charge in [-0.05, 0) is 96.5 Å². The third-order valence-corrected chi connectivity index (χ3v) is 7.90. The molecule has 1 heterocycles. The van der Waals surface area contributed by atoms with Crippen LogP contribution in [0.2, 0.25) is 0 Å². The summed E-state index contributed by atoms with van der Waals surface area (Å²) in [7, 11) is -1.67. The molecule has 1 aliphatic carbocycles. The minimum absolute atomic E-state index is 0.105. The van der Waals surface area contributed by atoms with Gasteiger partial charge < -0.3 is 15.5 Å². The first-order valence-corrected chi connectivity index (χ1v) is 13.5. The molecule has 3 rings (SSSR count). The molecule has 184 valence electrons. The number of piperidine rings is 1. The van der Waals surface area contributed by atoms with Crippen molar-refractivity contribution >= 4 is 21.6 Å². The number of sulfonamides is 1. The molecule has 0 unspecified atom stereocenters. The maximum Gasteiger partial charge on any atom is 0.251 e. The molecule has 1 saturated heterocycles. The molecule has 0 spiro atoms. The molecule has 3 N–H and O–H groups in total. The van der Waals surface area contributed by atoms with Gasteiger partial charge in [-0.15, -0.1) is 0 Å². The van der Waals surface area contributed by atoms with Crippen LogP contribution in [0.4, 0.5) is 5.69 Å². The molecule has 1 aromatic rings. The Hall–Kier alpha value is -1.90. The number of carbonyl (C=O) groups is 1. The largest absolute Gasteiger partial charge is 0.385 e. The molecular formula is C25H40N4O3S. The van der Waals surface area contributed by atoms with Gasteiger partial charge in [0.1, 0.15) is 0 Å². The van der Waals surface area contributed by atoms with Gasteiger partial charge in [0.15, 0.2) is 0 Å². The average Bonchev–Trinajstić information content (AvgIpc) is 2.75. The van der Waals surface area contributed by atoms with Crippen LogP contribution >= 0.6 is 0 Å². The van der Waals surface area contributed by atoms with Crippen molar-refractivity contribution in [2.24, 2.45) is 11.8 Å². The molecule has 2 atom stereocenters. The van der Waals surface area contributed by atoms with E-state index in [2.05, 4.69) is 39.5 Å². The summed E-state index contributed by atoms with van der Waals surface area (Å²) in [5.74, 6) is 0.683. The van der Waals surface area contributed by atoms with Gasteiger partial charge in [-0.1, -0.05) is 12.2 Å². The number of anilines is 1. The fraction of sp³-hybridized carbons (Fsp3) is 0.640. The van der Waals surface area contributed by atoms with Crippen molar-refractivity contribution in [1.29, 1.82) is 0 Å². The predicted molar refractivity (Wildman–Crippen MR) is 134 cm³/mol. The van der Waals surface area contributed by atoms with E-state index in [9.17, 15) is 13.2 Å². The fourth-order valence-corrected chi connectivity index (χ4v) is 6.02. The van der Waals surface area contributed by atoms with E-state index in [-0.39, 0.29) is 10.8 Å². The van der Waals surface area contributed by atoms with E-state index in [4.69, 9.17) is 0 Å². The van der Waals surface area contributed by atoms with Crippen molar-refractivity contribution in [3.05, 3.63) is 35.9 Å². The maximum absolute atomic E-state index is 13.0. The molecule has 2 aliphatic rings. The molecule has 0 radical (unpaired) electrons. The highest BCUT2D eigenvalue weighted by Crippen LogP contribution is 2.24. The number of rotatable bonds is 8. The molecule has 0 saturated carbocycles. The minimum Gasteiger partial charge on any atom is -0.385 e. The zero-order valence-corrected chi connectivity index (χ0v) is 21.3. The highest BCUT2D eigenvalue weighted by Gasteiger charge is 2.25. The van der Waals surface area contributed by atoms with Crippen LogP contribution in [0.25, 0.3) is 0 Å². The van der Waals surface area contributed by atoms with Gasteiger partial charge in [0.05, 0.1) is 4.90 Å². The number of amides is 1. The van der Waals surface area contributed by atoms with Crippen LogP contribution in [-0.4, -0.2) is 58.0 Å². The van der Waals surface area contributed by atoms with E-state index in [1.807, 2.05) is 0 Å². The SMILES string of the molecule is CN1CCC[C@@H](CNC(=O)c2cc(NC[C@H]3CC=CCC3)cc(S(=O)(=O)NC(C)(C)C)c2)C1. The summed E-state index contributed by atoms with van der Waals surface area (Å²) in [6.45, 7) is 8.81. The second-order valence-electron chi connectivity index (χ2n) is 10.6. The lowest BCUT2D eigenvalue weighted by Crippen LogP contribution is -2.40. The Morgan fingerprint density at radius 3 is 2.55 bits per heavy atom. The van der Waals surface area contributed by atoms with Crippen LogP contribution in [0.5, 0.6) is 0 Å². The van der Waals surface area contributed by atoms with E-state index in [0.717, 1.165) is 51.7 Å². The summed E-state index contributed by atoms with van der Waals surface area (Å²) in [6.07, 6.45) is 9.82. The fourth-order valence-electron chi connectivity index (χ4n) is 4.53. The van der Waals surface area contributed by atoms with Gasteiger partial charge in [-0.25, -0.2) is 13.1 Å². The summed E-state index contributed by atoms with van der Waals surface area (Å²) < 4.78 is 28.8. The van der Waals surface area contributed by atoms with Crippen LogP contribution in [0.1, 0.15) is 63.2 Å². The lowest BCUT2D eigenvalue weighted by molar-refractivity contribution is 0.0936. The predicted octanol–water partition coefficient (Wildman–Crippen LogP) is 3.60. The minimum atomic E-state index is -3.77. The van der Waals surface area contributed by atoms with Gasteiger partial charge >= 0.3 is 0 Å². The zero-order valence-electron chi connectivity index (χ0n) is 20.5. The third kappa shape index (κ3) is 8.12. The Kier molecular flexibility index (Phi) is 8.59. The van der Waals surface area contributed by atoms with Crippen molar-refractivity contribution in [1.82, 2.24) is 14.9 Å². The average molecular weight is 477 g/mol. The van der Waals surface area contributed by atoms with Gasteiger partial charge in [0.2, 0.25) is 10.0 Å². The van der Waals surface area contributed by atoms with E-state index < -0.39 is 15.6 Å². The van der Waals surface area contributed by atoms with Gasteiger partial charge in [0.25, 0.3) is 5.91 Å². The van der Waals surface area contributed by atoms with Crippen molar-refractivity contribution in [3.63, 3.8) is 0 Å². The summed E-state index contributed by atoms with van der Waals surface area (Å²) in [5, 5.41) is 6.41. The molecule has 33 heavy (non-hydrogen) atoms.